The highest BCUT2D eigenvalue weighted by Gasteiger charge is 2.24. The van der Waals surface area contributed by atoms with Crippen LogP contribution in [0.25, 0.3) is 0 Å². The van der Waals surface area contributed by atoms with Crippen LogP contribution in [0.2, 0.25) is 0 Å². The van der Waals surface area contributed by atoms with Gasteiger partial charge < -0.3 is 8.98 Å². The third kappa shape index (κ3) is 3.12. The lowest BCUT2D eigenvalue weighted by molar-refractivity contribution is 0.204. The van der Waals surface area contributed by atoms with Crippen LogP contribution in [0.4, 0.5) is 0 Å². The van der Waals surface area contributed by atoms with Crippen molar-refractivity contribution in [3.05, 3.63) is 54.0 Å². The second-order valence-electron chi connectivity index (χ2n) is 6.55. The summed E-state index contributed by atoms with van der Waals surface area (Å²) >= 11 is 0. The fourth-order valence-corrected chi connectivity index (χ4v) is 3.48. The second kappa shape index (κ2) is 6.24. The third-order valence-electron chi connectivity index (χ3n) is 4.52. The number of aromatic nitrogens is 5. The summed E-state index contributed by atoms with van der Waals surface area (Å²) in [5, 5.41) is 4.53. The van der Waals surface area contributed by atoms with Gasteiger partial charge in [-0.15, -0.1) is 0 Å². The maximum Gasteiger partial charge on any atom is 0.147 e. The molecule has 0 N–H and O–H groups in total. The van der Waals surface area contributed by atoms with E-state index in [2.05, 4.69) is 30.7 Å². The Morgan fingerprint density at radius 2 is 2.21 bits per heavy atom. The van der Waals surface area contributed by atoms with Crippen molar-refractivity contribution in [3.8, 4) is 0 Å². The van der Waals surface area contributed by atoms with E-state index >= 15 is 0 Å². The quantitative estimate of drug-likeness (QED) is 0.734. The highest BCUT2D eigenvalue weighted by molar-refractivity contribution is 5.06. The van der Waals surface area contributed by atoms with Crippen molar-refractivity contribution in [3.63, 3.8) is 0 Å². The molecule has 3 aromatic heterocycles. The Balaban J connectivity index is 1.55. The first-order chi connectivity index (χ1) is 11.7. The van der Waals surface area contributed by atoms with Gasteiger partial charge in [-0.05, 0) is 19.9 Å². The van der Waals surface area contributed by atoms with Crippen molar-refractivity contribution in [2.45, 2.75) is 40.0 Å². The van der Waals surface area contributed by atoms with Gasteiger partial charge in [-0.25, -0.2) is 14.6 Å². The van der Waals surface area contributed by atoms with Crippen LogP contribution in [0, 0.1) is 19.8 Å². The van der Waals surface area contributed by atoms with Gasteiger partial charge in [0, 0.05) is 50.1 Å². The van der Waals surface area contributed by atoms with Crippen LogP contribution in [0.3, 0.4) is 0 Å². The van der Waals surface area contributed by atoms with E-state index in [0.717, 1.165) is 50.2 Å². The third-order valence-corrected chi connectivity index (χ3v) is 4.52. The average molecular weight is 326 g/mol. The number of furan rings is 1. The standard InChI is InChI=1S/C17H22N6O/c1-13-19-14(2)23(20-13)10-16-8-21(7-15-3-6-24-12-15)11-17-18-4-5-22(17)9-16/h3-6,12,16H,7-11H2,1-2H3. The summed E-state index contributed by atoms with van der Waals surface area (Å²) in [6.45, 7) is 8.49. The summed E-state index contributed by atoms with van der Waals surface area (Å²) in [6.07, 6.45) is 7.51. The number of hydrogen-bond acceptors (Lipinski definition) is 5. The van der Waals surface area contributed by atoms with Gasteiger partial charge in [-0.1, -0.05) is 0 Å². The SMILES string of the molecule is Cc1nc(C)n(CC2CN(Cc3ccoc3)Cc3nccn3C2)n1. The van der Waals surface area contributed by atoms with E-state index in [1.165, 1.54) is 5.56 Å². The molecule has 1 aliphatic heterocycles. The Bertz CT molecular complexity index is 803. The molecule has 0 radical (unpaired) electrons. The molecular weight excluding hydrogens is 304 g/mol. The van der Waals surface area contributed by atoms with Gasteiger partial charge in [0.15, 0.2) is 0 Å². The van der Waals surface area contributed by atoms with Gasteiger partial charge in [0.25, 0.3) is 0 Å². The van der Waals surface area contributed by atoms with Gasteiger partial charge in [-0.3, -0.25) is 4.90 Å². The normalized spacial score (nSPS) is 18.5. The highest BCUT2D eigenvalue weighted by Crippen LogP contribution is 2.19. The van der Waals surface area contributed by atoms with E-state index in [1.807, 2.05) is 37.1 Å². The molecule has 0 saturated carbocycles. The van der Waals surface area contributed by atoms with Crippen molar-refractivity contribution in [1.29, 1.82) is 0 Å². The van der Waals surface area contributed by atoms with E-state index < -0.39 is 0 Å². The first-order valence-corrected chi connectivity index (χ1v) is 8.29. The van der Waals surface area contributed by atoms with E-state index in [4.69, 9.17) is 4.42 Å². The fraction of sp³-hybridized carbons (Fsp3) is 0.471. The van der Waals surface area contributed by atoms with Crippen LogP contribution >= 0.6 is 0 Å². The number of imidazole rings is 1. The smallest absolute Gasteiger partial charge is 0.147 e. The molecule has 0 spiro atoms. The molecule has 4 heterocycles. The maximum atomic E-state index is 5.21. The zero-order chi connectivity index (χ0) is 16.5. The summed E-state index contributed by atoms with van der Waals surface area (Å²) in [7, 11) is 0. The Morgan fingerprint density at radius 1 is 1.29 bits per heavy atom. The van der Waals surface area contributed by atoms with E-state index in [1.54, 1.807) is 6.26 Å². The van der Waals surface area contributed by atoms with Crippen LogP contribution in [-0.4, -0.2) is 35.8 Å². The van der Waals surface area contributed by atoms with Crippen LogP contribution in [0.1, 0.15) is 23.0 Å². The monoisotopic (exact) mass is 326 g/mol. The van der Waals surface area contributed by atoms with Crippen LogP contribution < -0.4 is 0 Å². The van der Waals surface area contributed by atoms with Crippen LogP contribution in [-0.2, 0) is 26.2 Å². The average Bonchev–Trinajstić information content (AvgIpc) is 3.22. The molecule has 0 amide bonds. The highest BCUT2D eigenvalue weighted by atomic mass is 16.3. The van der Waals surface area contributed by atoms with Gasteiger partial charge in [-0.2, -0.15) is 5.10 Å². The lowest BCUT2D eigenvalue weighted by Gasteiger charge is -2.23. The molecule has 1 atom stereocenters. The van der Waals surface area contributed by atoms with Crippen molar-refractivity contribution in [1.82, 2.24) is 29.2 Å². The van der Waals surface area contributed by atoms with Crippen LogP contribution in [0.15, 0.2) is 35.4 Å². The van der Waals surface area contributed by atoms with Crippen molar-refractivity contribution >= 4 is 0 Å². The van der Waals surface area contributed by atoms with E-state index in [9.17, 15) is 0 Å². The number of aryl methyl sites for hydroxylation is 2. The molecule has 0 aromatic carbocycles. The summed E-state index contributed by atoms with van der Waals surface area (Å²) in [4.78, 5) is 11.4. The van der Waals surface area contributed by atoms with Gasteiger partial charge in [0.2, 0.25) is 0 Å². The fourth-order valence-electron chi connectivity index (χ4n) is 3.48. The largest absolute Gasteiger partial charge is 0.472 e. The molecule has 0 aliphatic carbocycles. The molecule has 126 valence electrons. The summed E-state index contributed by atoms with van der Waals surface area (Å²) in [5.74, 6) is 3.38. The molecule has 4 rings (SSSR count). The summed E-state index contributed by atoms with van der Waals surface area (Å²) in [6, 6.07) is 2.03. The molecule has 0 saturated heterocycles. The predicted octanol–water partition coefficient (Wildman–Crippen LogP) is 2.02. The topological polar surface area (TPSA) is 64.9 Å². The molecule has 3 aromatic rings. The lowest BCUT2D eigenvalue weighted by Crippen LogP contribution is -2.30. The van der Waals surface area contributed by atoms with Crippen molar-refractivity contribution < 1.29 is 4.42 Å². The molecule has 1 unspecified atom stereocenters. The van der Waals surface area contributed by atoms with E-state index in [-0.39, 0.29) is 0 Å². The Labute approximate surface area is 140 Å². The minimum Gasteiger partial charge on any atom is -0.472 e. The molecular formula is C17H22N6O. The Hall–Kier alpha value is -2.41. The molecule has 0 fully saturated rings. The first-order valence-electron chi connectivity index (χ1n) is 8.29. The van der Waals surface area contributed by atoms with Crippen LogP contribution in [0.5, 0.6) is 0 Å². The maximum absolute atomic E-state index is 5.21. The van der Waals surface area contributed by atoms with Gasteiger partial charge in [0.1, 0.15) is 17.5 Å². The summed E-state index contributed by atoms with van der Waals surface area (Å²) < 4.78 is 9.50. The second-order valence-corrected chi connectivity index (χ2v) is 6.55. The molecule has 1 aliphatic rings. The van der Waals surface area contributed by atoms with Gasteiger partial charge in [0.05, 0.1) is 19.1 Å². The zero-order valence-electron chi connectivity index (χ0n) is 14.1. The minimum absolute atomic E-state index is 0.451. The van der Waals surface area contributed by atoms with E-state index in [0.29, 0.717) is 5.92 Å². The van der Waals surface area contributed by atoms with Crippen molar-refractivity contribution in [2.75, 3.05) is 6.54 Å². The minimum atomic E-state index is 0.451. The molecule has 24 heavy (non-hydrogen) atoms. The summed E-state index contributed by atoms with van der Waals surface area (Å²) in [5.41, 5.74) is 1.20. The number of nitrogens with zero attached hydrogens (tertiary/aromatic N) is 6. The molecule has 7 heteroatoms. The Kier molecular flexibility index (Phi) is 3.93. The first kappa shape index (κ1) is 15.1. The number of hydrogen-bond donors (Lipinski definition) is 0. The Morgan fingerprint density at radius 3 is 2.96 bits per heavy atom. The molecule has 7 nitrogen and oxygen atoms in total. The molecule has 0 bridgehead atoms. The number of fused-ring (bicyclic) bond motifs is 1. The number of rotatable bonds is 4. The van der Waals surface area contributed by atoms with Crippen molar-refractivity contribution in [2.24, 2.45) is 5.92 Å². The predicted molar refractivity (Wildman–Crippen MR) is 88.0 cm³/mol. The lowest BCUT2D eigenvalue weighted by atomic mass is 10.1. The van der Waals surface area contributed by atoms with Gasteiger partial charge >= 0.3 is 0 Å². The zero-order valence-corrected chi connectivity index (χ0v) is 14.1.